The maximum atomic E-state index is 15.3. The number of aldehydes is 1. The molecule has 0 aromatic heterocycles. The van der Waals surface area contributed by atoms with Crippen molar-refractivity contribution in [2.45, 2.75) is 12.1 Å². The summed E-state index contributed by atoms with van der Waals surface area (Å²) in [6, 6.07) is 14.0. The fourth-order valence-electron chi connectivity index (χ4n) is 2.66. The number of benzene rings is 2. The molecule has 0 radical (unpaired) electrons. The van der Waals surface area contributed by atoms with Crippen LogP contribution in [-0.2, 0) is 10.5 Å². The molecule has 0 aliphatic heterocycles. The number of rotatable bonds is 3. The van der Waals surface area contributed by atoms with Gasteiger partial charge in [0.1, 0.15) is 12.0 Å². The minimum absolute atomic E-state index is 0.132. The molecule has 3 rings (SSSR count). The van der Waals surface area contributed by atoms with E-state index in [9.17, 15) is 9.90 Å². The topological polar surface area (TPSA) is 37.3 Å². The van der Waals surface area contributed by atoms with Crippen molar-refractivity contribution in [3.05, 3.63) is 77.9 Å². The van der Waals surface area contributed by atoms with Gasteiger partial charge in [-0.2, -0.15) is 0 Å². The minimum atomic E-state index is -1.64. The number of allylic oxidation sites excluding steroid dienone is 4. The van der Waals surface area contributed by atoms with E-state index in [4.69, 9.17) is 0 Å². The summed E-state index contributed by atoms with van der Waals surface area (Å²) in [7, 11) is 0. The fraction of sp³-hybridized carbons (Fsp3) is 0.105. The van der Waals surface area contributed by atoms with Gasteiger partial charge in [-0.1, -0.05) is 48.6 Å². The third kappa shape index (κ3) is 2.58. The Bertz CT molecular complexity index is 759. The number of hydrogen-bond donors (Lipinski definition) is 1. The summed E-state index contributed by atoms with van der Waals surface area (Å²) in [5.74, 6) is 0.173. The summed E-state index contributed by atoms with van der Waals surface area (Å²) >= 11 is 0. The van der Waals surface area contributed by atoms with Crippen LogP contribution in [-0.4, -0.2) is 11.4 Å². The van der Waals surface area contributed by atoms with Gasteiger partial charge in [-0.05, 0) is 29.3 Å². The molecule has 0 saturated heterocycles. The lowest BCUT2D eigenvalue weighted by molar-refractivity contribution is -0.104. The second-order valence-corrected chi connectivity index (χ2v) is 5.31. The Morgan fingerprint density at radius 1 is 1.09 bits per heavy atom. The van der Waals surface area contributed by atoms with E-state index in [1.54, 1.807) is 42.5 Å². The van der Waals surface area contributed by atoms with Crippen LogP contribution in [0.4, 0.5) is 4.39 Å². The lowest BCUT2D eigenvalue weighted by Gasteiger charge is -2.26. The summed E-state index contributed by atoms with van der Waals surface area (Å²) < 4.78 is 15.3. The lowest BCUT2D eigenvalue weighted by atomic mass is 9.83. The predicted octanol–water partition coefficient (Wildman–Crippen LogP) is 4.31. The van der Waals surface area contributed by atoms with Crippen LogP contribution in [0.1, 0.15) is 12.0 Å². The van der Waals surface area contributed by atoms with Crippen molar-refractivity contribution in [2.24, 2.45) is 0 Å². The highest BCUT2D eigenvalue weighted by Gasteiger charge is 2.32. The minimum Gasteiger partial charge on any atom is -0.508 e. The first kappa shape index (κ1) is 14.3. The molecule has 1 unspecified atom stereocenters. The van der Waals surface area contributed by atoms with Gasteiger partial charge < -0.3 is 5.11 Å². The van der Waals surface area contributed by atoms with Crippen LogP contribution in [0.25, 0.3) is 11.1 Å². The summed E-state index contributed by atoms with van der Waals surface area (Å²) in [6.45, 7) is 0. The molecule has 0 spiro atoms. The molecule has 0 saturated carbocycles. The smallest absolute Gasteiger partial charge is 0.158 e. The third-order valence-corrected chi connectivity index (χ3v) is 3.86. The summed E-state index contributed by atoms with van der Waals surface area (Å²) in [5.41, 5.74) is 1.02. The van der Waals surface area contributed by atoms with Crippen LogP contribution in [0.15, 0.2) is 72.3 Å². The standard InChI is InChI=1S/C19H15FO2/c20-19(11-9-14(13-21)10-12-19)18-4-2-1-3-17(18)15-5-7-16(22)8-6-15/h1-11,13,22H,12H2. The quantitative estimate of drug-likeness (QED) is 0.856. The summed E-state index contributed by atoms with van der Waals surface area (Å²) in [6.07, 6.45) is 5.43. The van der Waals surface area contributed by atoms with E-state index in [1.165, 1.54) is 12.2 Å². The van der Waals surface area contributed by atoms with Crippen LogP contribution < -0.4 is 0 Å². The molecule has 2 aromatic carbocycles. The van der Waals surface area contributed by atoms with Crippen LogP contribution >= 0.6 is 0 Å². The Morgan fingerprint density at radius 3 is 2.45 bits per heavy atom. The summed E-state index contributed by atoms with van der Waals surface area (Å²) in [4.78, 5) is 10.8. The van der Waals surface area contributed by atoms with Gasteiger partial charge in [0.05, 0.1) is 0 Å². The molecule has 3 heteroatoms. The fourth-order valence-corrected chi connectivity index (χ4v) is 2.66. The summed E-state index contributed by atoms with van der Waals surface area (Å²) in [5, 5.41) is 9.40. The molecular formula is C19H15FO2. The molecule has 0 heterocycles. The van der Waals surface area contributed by atoms with Crippen LogP contribution in [0, 0.1) is 0 Å². The van der Waals surface area contributed by atoms with Crippen molar-refractivity contribution in [3.63, 3.8) is 0 Å². The van der Waals surface area contributed by atoms with Gasteiger partial charge in [-0.15, -0.1) is 0 Å². The molecule has 0 fully saturated rings. The molecule has 1 atom stereocenters. The van der Waals surface area contributed by atoms with Gasteiger partial charge >= 0.3 is 0 Å². The maximum Gasteiger partial charge on any atom is 0.158 e. The second-order valence-electron chi connectivity index (χ2n) is 5.31. The van der Waals surface area contributed by atoms with E-state index in [2.05, 4.69) is 0 Å². The van der Waals surface area contributed by atoms with E-state index in [0.29, 0.717) is 11.1 Å². The zero-order chi connectivity index (χ0) is 15.6. The number of carbonyl (C=O) groups is 1. The van der Waals surface area contributed by atoms with Gasteiger partial charge in [0.15, 0.2) is 5.67 Å². The van der Waals surface area contributed by atoms with Gasteiger partial charge in [0.25, 0.3) is 0 Å². The van der Waals surface area contributed by atoms with Crippen molar-refractivity contribution in [1.29, 1.82) is 0 Å². The Labute approximate surface area is 128 Å². The monoisotopic (exact) mass is 294 g/mol. The highest BCUT2D eigenvalue weighted by atomic mass is 19.1. The maximum absolute atomic E-state index is 15.3. The zero-order valence-electron chi connectivity index (χ0n) is 11.9. The molecule has 0 bridgehead atoms. The number of alkyl halides is 1. The molecule has 1 N–H and O–H groups in total. The van der Waals surface area contributed by atoms with Crippen LogP contribution in [0.3, 0.4) is 0 Å². The Morgan fingerprint density at radius 2 is 1.82 bits per heavy atom. The normalized spacial score (nSPS) is 20.5. The van der Waals surface area contributed by atoms with Crippen LogP contribution in [0.5, 0.6) is 5.75 Å². The first-order valence-corrected chi connectivity index (χ1v) is 7.05. The van der Waals surface area contributed by atoms with Gasteiger partial charge in [-0.25, -0.2) is 4.39 Å². The van der Waals surface area contributed by atoms with Crippen LogP contribution in [0.2, 0.25) is 0 Å². The number of halogens is 1. The number of aromatic hydroxyl groups is 1. The molecule has 2 nitrogen and oxygen atoms in total. The number of phenols is 1. The number of carbonyl (C=O) groups excluding carboxylic acids is 1. The van der Waals surface area contributed by atoms with Gasteiger partial charge in [0, 0.05) is 17.6 Å². The van der Waals surface area contributed by atoms with E-state index in [0.717, 1.165) is 17.4 Å². The van der Waals surface area contributed by atoms with Crippen molar-refractivity contribution in [2.75, 3.05) is 0 Å². The van der Waals surface area contributed by atoms with E-state index in [-0.39, 0.29) is 12.2 Å². The first-order chi connectivity index (χ1) is 10.6. The first-order valence-electron chi connectivity index (χ1n) is 7.05. The van der Waals surface area contributed by atoms with Crippen molar-refractivity contribution < 1.29 is 14.3 Å². The Balaban J connectivity index is 2.06. The molecule has 1 aliphatic rings. The molecule has 2 aromatic rings. The molecule has 1 aliphatic carbocycles. The number of phenolic OH excluding ortho intramolecular Hbond substituents is 1. The second kappa shape index (κ2) is 5.60. The molecule has 0 amide bonds. The van der Waals surface area contributed by atoms with Crippen molar-refractivity contribution in [1.82, 2.24) is 0 Å². The average Bonchev–Trinajstić information content (AvgIpc) is 2.56. The van der Waals surface area contributed by atoms with Crippen molar-refractivity contribution >= 4 is 6.29 Å². The average molecular weight is 294 g/mol. The molecule has 110 valence electrons. The van der Waals surface area contributed by atoms with Crippen molar-refractivity contribution in [3.8, 4) is 16.9 Å². The predicted molar refractivity (Wildman–Crippen MR) is 84.2 cm³/mol. The van der Waals surface area contributed by atoms with Gasteiger partial charge in [0.2, 0.25) is 0 Å². The Hall–Kier alpha value is -2.68. The number of hydrogen-bond acceptors (Lipinski definition) is 2. The van der Waals surface area contributed by atoms with E-state index in [1.807, 2.05) is 12.1 Å². The SMILES string of the molecule is O=CC1=CCC(F)(c2ccccc2-c2ccc(O)cc2)C=C1. The highest BCUT2D eigenvalue weighted by Crippen LogP contribution is 2.40. The lowest BCUT2D eigenvalue weighted by Crippen LogP contribution is -2.19. The van der Waals surface area contributed by atoms with E-state index < -0.39 is 5.67 Å². The third-order valence-electron chi connectivity index (χ3n) is 3.86. The molecule has 22 heavy (non-hydrogen) atoms. The van der Waals surface area contributed by atoms with Gasteiger partial charge in [-0.3, -0.25) is 4.79 Å². The zero-order valence-corrected chi connectivity index (χ0v) is 11.9. The van der Waals surface area contributed by atoms with E-state index >= 15 is 4.39 Å². The highest BCUT2D eigenvalue weighted by molar-refractivity contribution is 5.78. The Kier molecular flexibility index (Phi) is 3.63. The largest absolute Gasteiger partial charge is 0.508 e. The molecular weight excluding hydrogens is 279 g/mol.